The number of pyridine rings is 1. The van der Waals surface area contributed by atoms with Crippen molar-refractivity contribution < 1.29 is 14.2 Å². The average Bonchev–Trinajstić information content (AvgIpc) is 1.61. The lowest BCUT2D eigenvalue weighted by molar-refractivity contribution is -0.385. The lowest BCUT2D eigenvalue weighted by Gasteiger charge is -2.28. The standard InChI is InChI=1S/C28H25BrN4.C24H18BrN3.C23H14BrN5O4.C23H14BrN3.C22H14BrFN4/c29-21-11-14-25-23(17-21)24(18-30-25)28-31-26(19-7-3-1-4-8-19)27(32-28)20-9-12-22(13-10-20)33-15-5-2-6-16-33;1-15-21(19-9-5-6-10-20(19)26-15)24-27-22(16-7-3-2-4-8-16)23(28-24)17-11-13-18(25)14-12-17;24-15-5-10-20-18(11-15)19(12-25-20)23-26-21(13-1-6-16(7-2-13)28(30)31)22(27-23)14-3-8-17(9-4-14)29(32)33;24-13-9-10-20-18(11-13)19(12-25-20)23-26-21-16-7-3-1-5-14(16)15-6-2-4-8-17(15)22(21)27-23;23-15-3-6-19-17(11-15)18(12-26-19)22-27-20(13-1-4-16(24)5-2-13)21(28-22)14-7-9-25-10-8-14/h1,3-4,7-14,17-18,30H,2,5-6,15-16H2,(H,31,32);2-14,26H,1H3,(H,27,28);1-12,25H,(H,26,27);1-12,25H,(H,26,27);1-12,26H,(H,27,28). The van der Waals surface area contributed by atoms with E-state index in [9.17, 15) is 24.6 Å². The normalized spacial score (nSPS) is 12.0. The van der Waals surface area contributed by atoms with Crippen LogP contribution in [-0.2, 0) is 0 Å². The highest BCUT2D eigenvalue weighted by Gasteiger charge is 2.27. The van der Waals surface area contributed by atoms with Crippen LogP contribution in [0.1, 0.15) is 25.0 Å². The predicted molar refractivity (Wildman–Crippen MR) is 616 cm³/mol. The SMILES string of the molecule is Brc1ccc2[nH]cc(-c3nc(-c4ccccc4)c(-c4ccc(N5CCCCC5)cc4)[nH]3)c2c1.Brc1ccc2[nH]cc(-c3nc4c5ccccc5c5ccccc5c4[nH]3)c2c1.Cc1[nH]c2ccccc2c1-c1nc(-c2ccccc2)c(-c2ccc(Br)cc2)[nH]1.Fc1ccc(-c2nc(-c3c[nH]c4ccc(Br)cc34)[nH]c2-c2ccncc2)cc1.O=[N+]([O-])c1ccc(-c2nc(-c3c[nH]c4ccc(Br)cc34)[nH]c2-c2ccc([N+](=O)[O-])cc2)cc1. The fourth-order valence-electron chi connectivity index (χ4n) is 19.6. The van der Waals surface area contributed by atoms with Gasteiger partial charge in [0, 0.05) is 246 Å². The second-order valence-electron chi connectivity index (χ2n) is 36.1. The van der Waals surface area contributed by atoms with Gasteiger partial charge in [-0.3, -0.25) is 25.2 Å². The van der Waals surface area contributed by atoms with Gasteiger partial charge in [0.2, 0.25) is 0 Å². The van der Waals surface area contributed by atoms with Gasteiger partial charge >= 0.3 is 0 Å². The molecule has 27 rings (SSSR count). The number of hydrogen-bond acceptors (Lipinski definition) is 11. The number of H-pyrrole nitrogens is 10. The summed E-state index contributed by atoms with van der Waals surface area (Å²) < 4.78 is 18.5. The quantitative estimate of drug-likeness (QED) is 0.0246. The summed E-state index contributed by atoms with van der Waals surface area (Å²) in [5.74, 6) is 3.71. The number of non-ortho nitro benzene ring substituents is 2. The van der Waals surface area contributed by atoms with E-state index in [4.69, 9.17) is 24.9 Å². The smallest absolute Gasteiger partial charge is 0.269 e. The number of aromatic amines is 10. The number of nitro groups is 2. The van der Waals surface area contributed by atoms with Crippen LogP contribution in [0.15, 0.2) is 399 Å². The number of para-hydroxylation sites is 1. The zero-order valence-electron chi connectivity index (χ0n) is 79.3. The summed E-state index contributed by atoms with van der Waals surface area (Å²) >= 11 is 17.7. The molecule has 1 aliphatic heterocycles. The van der Waals surface area contributed by atoms with Crippen LogP contribution in [-0.4, -0.2) is 103 Å². The van der Waals surface area contributed by atoms with E-state index in [0.717, 1.165) is 220 Å². The Morgan fingerprint density at radius 2 is 0.638 bits per heavy atom. The summed E-state index contributed by atoms with van der Waals surface area (Å²) in [5, 5.41) is 32.5. The molecule has 11 aromatic heterocycles. The van der Waals surface area contributed by atoms with Gasteiger partial charge in [-0.15, -0.1) is 0 Å². The lowest BCUT2D eigenvalue weighted by atomic mass is 10.0. The molecule has 26 aromatic rings. The third-order valence-corrected chi connectivity index (χ3v) is 29.3. The molecule has 12 heterocycles. The van der Waals surface area contributed by atoms with Crippen molar-refractivity contribution in [3.8, 4) is 147 Å². The number of nitrogens with one attached hydrogen (secondary N) is 10. The fraction of sp³-hybridized carbons (Fsp3) is 0.0500. The molecular weight excluding hydrogens is 2190 g/mol. The van der Waals surface area contributed by atoms with Gasteiger partial charge in [0.05, 0.1) is 66.4 Å². The Morgan fingerprint density at radius 1 is 0.302 bits per heavy atom. The van der Waals surface area contributed by atoms with E-state index in [0.29, 0.717) is 28.3 Å². The van der Waals surface area contributed by atoms with Gasteiger partial charge in [-0.05, 0) is 201 Å². The van der Waals surface area contributed by atoms with Crippen LogP contribution in [0, 0.1) is 33.0 Å². The van der Waals surface area contributed by atoms with Crippen molar-refractivity contribution in [1.82, 2.24) is 79.7 Å². The number of anilines is 1. The highest BCUT2D eigenvalue weighted by atomic mass is 79.9. The summed E-state index contributed by atoms with van der Waals surface area (Å²) in [4.78, 5) is 87.0. The predicted octanol–water partition coefficient (Wildman–Crippen LogP) is 34.0. The van der Waals surface area contributed by atoms with Gasteiger partial charge in [-0.25, -0.2) is 29.3 Å². The highest BCUT2D eigenvalue weighted by Crippen LogP contribution is 2.46. The topological polar surface area (TPSA) is 325 Å². The Balaban J connectivity index is 0.000000102. The van der Waals surface area contributed by atoms with Crippen molar-refractivity contribution in [2.24, 2.45) is 0 Å². The van der Waals surface area contributed by atoms with E-state index in [-0.39, 0.29) is 17.2 Å². The monoisotopic (exact) mass is 2270 g/mol. The maximum absolute atomic E-state index is 13.4. The molecular formula is C120H85Br5FN19O4. The first-order valence-corrected chi connectivity index (χ1v) is 52.1. The molecule has 0 radical (unpaired) electrons. The molecule has 0 amide bonds. The molecule has 0 spiro atoms. The molecule has 23 nitrogen and oxygen atoms in total. The number of fused-ring (bicyclic) bond motifs is 11. The maximum atomic E-state index is 13.4. The molecule has 726 valence electrons. The van der Waals surface area contributed by atoms with Crippen molar-refractivity contribution in [2.75, 3.05) is 18.0 Å². The minimum Gasteiger partial charge on any atom is -0.372 e. The molecule has 15 aromatic carbocycles. The zero-order chi connectivity index (χ0) is 101. The van der Waals surface area contributed by atoms with E-state index in [1.807, 2.05) is 104 Å². The van der Waals surface area contributed by atoms with E-state index in [1.165, 1.54) is 88.3 Å². The zero-order valence-corrected chi connectivity index (χ0v) is 87.2. The van der Waals surface area contributed by atoms with Crippen molar-refractivity contribution in [3.63, 3.8) is 0 Å². The van der Waals surface area contributed by atoms with Crippen LogP contribution in [0.4, 0.5) is 21.5 Å². The van der Waals surface area contributed by atoms with Crippen LogP contribution in [0.25, 0.3) is 234 Å². The number of nitro benzene ring substituents is 2. The van der Waals surface area contributed by atoms with Crippen LogP contribution < -0.4 is 4.90 Å². The number of imidazole rings is 5. The van der Waals surface area contributed by atoms with Gasteiger partial charge < -0.3 is 54.7 Å². The number of rotatable bonds is 16. The number of hydrogen-bond donors (Lipinski definition) is 10. The molecule has 10 N–H and O–H groups in total. The molecule has 1 fully saturated rings. The lowest BCUT2D eigenvalue weighted by Crippen LogP contribution is -2.29. The van der Waals surface area contributed by atoms with E-state index in [2.05, 4.69) is 334 Å². The van der Waals surface area contributed by atoms with Gasteiger partial charge in [0.25, 0.3) is 11.4 Å². The number of halogens is 6. The third kappa shape index (κ3) is 19.5. The molecule has 29 heteroatoms. The average molecular weight is 2280 g/mol. The molecule has 0 unspecified atom stereocenters. The van der Waals surface area contributed by atoms with Crippen LogP contribution >= 0.6 is 79.6 Å². The summed E-state index contributed by atoms with van der Waals surface area (Å²) in [6.45, 7) is 4.40. The number of aryl methyl sites for hydroxylation is 1. The second-order valence-corrected chi connectivity index (χ2v) is 40.6. The Bertz CT molecular complexity index is 9330. The number of piperidine rings is 1. The summed E-state index contributed by atoms with van der Waals surface area (Å²) in [5.41, 5.74) is 29.4. The Kier molecular flexibility index (Phi) is 26.5. The molecule has 0 bridgehead atoms. The maximum Gasteiger partial charge on any atom is 0.269 e. The molecule has 149 heavy (non-hydrogen) atoms. The van der Waals surface area contributed by atoms with E-state index in [1.54, 1.807) is 48.8 Å². The van der Waals surface area contributed by atoms with Gasteiger partial charge in [-0.1, -0.05) is 231 Å². The molecule has 0 saturated carbocycles. The van der Waals surface area contributed by atoms with Gasteiger partial charge in [0.15, 0.2) is 0 Å². The fourth-order valence-corrected chi connectivity index (χ4v) is 21.3. The van der Waals surface area contributed by atoms with Crippen molar-refractivity contribution in [2.45, 2.75) is 26.2 Å². The Hall–Kier alpha value is -17.1. The first-order valence-electron chi connectivity index (χ1n) is 48.1. The Morgan fingerprint density at radius 3 is 1.07 bits per heavy atom. The van der Waals surface area contributed by atoms with Crippen LogP contribution in [0.5, 0.6) is 0 Å². The number of nitrogens with zero attached hydrogens (tertiary/aromatic N) is 9. The second kappa shape index (κ2) is 41.4. The highest BCUT2D eigenvalue weighted by molar-refractivity contribution is 9.11. The summed E-state index contributed by atoms with van der Waals surface area (Å²) in [7, 11) is 0. The number of aromatic nitrogens is 16. The number of benzene rings is 15. The first-order chi connectivity index (χ1) is 72.8. The van der Waals surface area contributed by atoms with E-state index < -0.39 is 9.85 Å². The van der Waals surface area contributed by atoms with E-state index >= 15 is 0 Å². The van der Waals surface area contributed by atoms with Gasteiger partial charge in [0.1, 0.15) is 34.9 Å². The van der Waals surface area contributed by atoms with Crippen molar-refractivity contribution in [3.05, 3.63) is 431 Å². The molecule has 0 aliphatic carbocycles. The van der Waals surface area contributed by atoms with Crippen molar-refractivity contribution in [1.29, 1.82) is 0 Å². The third-order valence-electron chi connectivity index (χ3n) is 26.8. The minimum atomic E-state index is -0.458. The van der Waals surface area contributed by atoms with Crippen LogP contribution in [0.3, 0.4) is 0 Å². The molecule has 1 saturated heterocycles. The Labute approximate surface area is 892 Å². The molecule has 1 aliphatic rings. The minimum absolute atomic E-state index is 0.0168. The largest absolute Gasteiger partial charge is 0.372 e. The summed E-state index contributed by atoms with van der Waals surface area (Å²) in [6.07, 6.45) is 15.3. The molecule has 0 atom stereocenters. The summed E-state index contributed by atoms with van der Waals surface area (Å²) in [6, 6.07) is 110. The van der Waals surface area contributed by atoms with Crippen molar-refractivity contribution >= 4 is 184 Å². The first kappa shape index (κ1) is 95.4. The van der Waals surface area contributed by atoms with Crippen LogP contribution in [0.2, 0.25) is 0 Å². The van der Waals surface area contributed by atoms with Gasteiger partial charge in [-0.2, -0.15) is 0 Å².